The van der Waals surface area contributed by atoms with E-state index in [0.717, 1.165) is 16.9 Å². The number of nitrogens with one attached hydrogen (secondary N) is 2. The van der Waals surface area contributed by atoms with Crippen LogP contribution in [-0.4, -0.2) is 14.9 Å². The molecule has 2 N–H and O–H groups in total. The Hall–Kier alpha value is -2.54. The molecule has 1 aromatic carbocycles. The van der Waals surface area contributed by atoms with Gasteiger partial charge < -0.3 is 5.32 Å². The molecule has 7 heteroatoms. The van der Waals surface area contributed by atoms with Gasteiger partial charge in [0, 0.05) is 30.4 Å². The van der Waals surface area contributed by atoms with E-state index in [-0.39, 0.29) is 11.9 Å². The third-order valence-electron chi connectivity index (χ3n) is 3.20. The predicted octanol–water partition coefficient (Wildman–Crippen LogP) is 1.91. The molecular formula is C13H13N5O2. The Labute approximate surface area is 115 Å². The van der Waals surface area contributed by atoms with Crippen LogP contribution in [0.25, 0.3) is 0 Å². The quantitative estimate of drug-likeness (QED) is 0.640. The highest BCUT2D eigenvalue weighted by molar-refractivity contribution is 5.48. The Kier molecular flexibility index (Phi) is 3.03. The van der Waals surface area contributed by atoms with Crippen molar-refractivity contribution >= 4 is 11.5 Å². The lowest BCUT2D eigenvalue weighted by atomic mass is 10.1. The highest BCUT2D eigenvalue weighted by Crippen LogP contribution is 2.25. The van der Waals surface area contributed by atoms with E-state index in [4.69, 9.17) is 0 Å². The number of nitro groups is 1. The summed E-state index contributed by atoms with van der Waals surface area (Å²) in [4.78, 5) is 18.8. The number of rotatable bonds is 2. The third-order valence-corrected chi connectivity index (χ3v) is 3.20. The van der Waals surface area contributed by atoms with Crippen LogP contribution < -0.4 is 10.6 Å². The number of fused-ring (bicyclic) bond motifs is 1. The Bertz CT molecular complexity index is 656. The Balaban J connectivity index is 1.84. The standard InChI is InChI=1S/C13H13N5O2/c1-8-14-6-10-7-15-12(17-13(10)16-8)9-2-4-11(5-3-9)18(19)20/h2-6,12,15H,7H2,1H3,(H,14,16,17). The van der Waals surface area contributed by atoms with Gasteiger partial charge in [-0.1, -0.05) is 0 Å². The van der Waals surface area contributed by atoms with E-state index >= 15 is 0 Å². The van der Waals surface area contributed by atoms with Gasteiger partial charge in [-0.05, 0) is 24.6 Å². The molecular weight excluding hydrogens is 258 g/mol. The summed E-state index contributed by atoms with van der Waals surface area (Å²) in [5, 5.41) is 17.2. The summed E-state index contributed by atoms with van der Waals surface area (Å²) in [6.45, 7) is 2.50. The van der Waals surface area contributed by atoms with Gasteiger partial charge in [-0.25, -0.2) is 9.97 Å². The van der Waals surface area contributed by atoms with Gasteiger partial charge in [0.25, 0.3) is 5.69 Å². The molecule has 0 amide bonds. The zero-order valence-electron chi connectivity index (χ0n) is 10.8. The van der Waals surface area contributed by atoms with Crippen molar-refractivity contribution in [3.63, 3.8) is 0 Å². The molecule has 1 atom stereocenters. The first-order valence-corrected chi connectivity index (χ1v) is 6.20. The zero-order valence-corrected chi connectivity index (χ0v) is 10.8. The van der Waals surface area contributed by atoms with E-state index in [2.05, 4.69) is 20.6 Å². The number of non-ortho nitro benzene ring substituents is 1. The fourth-order valence-electron chi connectivity index (χ4n) is 2.14. The van der Waals surface area contributed by atoms with Crippen molar-refractivity contribution in [2.45, 2.75) is 19.6 Å². The molecule has 0 saturated carbocycles. The average Bonchev–Trinajstić information content (AvgIpc) is 2.46. The summed E-state index contributed by atoms with van der Waals surface area (Å²) in [5.41, 5.74) is 2.02. The van der Waals surface area contributed by atoms with Gasteiger partial charge in [-0.15, -0.1) is 0 Å². The van der Waals surface area contributed by atoms with Gasteiger partial charge in [-0.3, -0.25) is 15.4 Å². The first-order chi connectivity index (χ1) is 9.63. The average molecular weight is 271 g/mol. The Morgan fingerprint density at radius 2 is 2.10 bits per heavy atom. The van der Waals surface area contributed by atoms with Crippen LogP contribution in [-0.2, 0) is 6.54 Å². The number of nitro benzene ring substituents is 1. The Morgan fingerprint density at radius 3 is 2.80 bits per heavy atom. The fourth-order valence-corrected chi connectivity index (χ4v) is 2.14. The number of hydrogen-bond donors (Lipinski definition) is 2. The van der Waals surface area contributed by atoms with Gasteiger partial charge in [-0.2, -0.15) is 0 Å². The molecule has 0 spiro atoms. The second-order valence-corrected chi connectivity index (χ2v) is 4.60. The summed E-state index contributed by atoms with van der Waals surface area (Å²) in [6.07, 6.45) is 1.68. The van der Waals surface area contributed by atoms with Gasteiger partial charge in [0.1, 0.15) is 17.8 Å². The monoisotopic (exact) mass is 271 g/mol. The summed E-state index contributed by atoms with van der Waals surface area (Å²) in [6, 6.07) is 6.47. The molecule has 1 aromatic heterocycles. The molecule has 20 heavy (non-hydrogen) atoms. The molecule has 2 heterocycles. The molecule has 1 aliphatic rings. The maximum Gasteiger partial charge on any atom is 0.269 e. The van der Waals surface area contributed by atoms with Crippen molar-refractivity contribution in [3.8, 4) is 0 Å². The molecule has 1 unspecified atom stereocenters. The number of aryl methyl sites for hydroxylation is 1. The molecule has 102 valence electrons. The minimum Gasteiger partial charge on any atom is -0.350 e. The van der Waals surface area contributed by atoms with Crippen molar-refractivity contribution in [1.82, 2.24) is 15.3 Å². The second kappa shape index (κ2) is 4.86. The number of benzene rings is 1. The van der Waals surface area contributed by atoms with E-state index in [1.165, 1.54) is 12.1 Å². The minimum atomic E-state index is -0.405. The van der Waals surface area contributed by atoms with Crippen LogP contribution in [0.15, 0.2) is 30.5 Å². The molecule has 0 fully saturated rings. The van der Waals surface area contributed by atoms with Crippen molar-refractivity contribution in [2.75, 3.05) is 5.32 Å². The predicted molar refractivity (Wildman–Crippen MR) is 73.1 cm³/mol. The number of nitrogens with zero attached hydrogens (tertiary/aromatic N) is 3. The lowest BCUT2D eigenvalue weighted by Gasteiger charge is -2.27. The van der Waals surface area contributed by atoms with Gasteiger partial charge in [0.2, 0.25) is 0 Å². The lowest BCUT2D eigenvalue weighted by Crippen LogP contribution is -2.33. The molecule has 7 nitrogen and oxygen atoms in total. The van der Waals surface area contributed by atoms with Crippen LogP contribution in [0.3, 0.4) is 0 Å². The van der Waals surface area contributed by atoms with Gasteiger partial charge in [0.15, 0.2) is 0 Å². The maximum absolute atomic E-state index is 10.6. The molecule has 0 bridgehead atoms. The topological polar surface area (TPSA) is 93.0 Å². The summed E-state index contributed by atoms with van der Waals surface area (Å²) >= 11 is 0. The molecule has 2 aromatic rings. The smallest absolute Gasteiger partial charge is 0.269 e. The van der Waals surface area contributed by atoms with E-state index in [9.17, 15) is 10.1 Å². The van der Waals surface area contributed by atoms with Crippen molar-refractivity contribution in [1.29, 1.82) is 0 Å². The molecule has 1 aliphatic heterocycles. The largest absolute Gasteiger partial charge is 0.350 e. The number of hydrogen-bond acceptors (Lipinski definition) is 6. The molecule has 3 rings (SSSR count). The van der Waals surface area contributed by atoms with Crippen molar-refractivity contribution in [3.05, 3.63) is 57.5 Å². The second-order valence-electron chi connectivity index (χ2n) is 4.60. The lowest BCUT2D eigenvalue weighted by molar-refractivity contribution is -0.384. The maximum atomic E-state index is 10.6. The Morgan fingerprint density at radius 1 is 1.35 bits per heavy atom. The van der Waals surface area contributed by atoms with Crippen LogP contribution in [0.2, 0.25) is 0 Å². The van der Waals surface area contributed by atoms with Gasteiger partial charge >= 0.3 is 0 Å². The highest BCUT2D eigenvalue weighted by atomic mass is 16.6. The number of aromatic nitrogens is 2. The van der Waals surface area contributed by atoms with Crippen LogP contribution in [0.5, 0.6) is 0 Å². The van der Waals surface area contributed by atoms with Crippen LogP contribution in [0.1, 0.15) is 23.1 Å². The zero-order chi connectivity index (χ0) is 14.1. The van der Waals surface area contributed by atoms with E-state index < -0.39 is 4.92 Å². The molecule has 0 radical (unpaired) electrons. The molecule has 0 saturated heterocycles. The first-order valence-electron chi connectivity index (χ1n) is 6.20. The van der Waals surface area contributed by atoms with Crippen LogP contribution in [0.4, 0.5) is 11.5 Å². The van der Waals surface area contributed by atoms with Crippen molar-refractivity contribution in [2.24, 2.45) is 0 Å². The SMILES string of the molecule is Cc1ncc2c(n1)NC(c1ccc([N+](=O)[O-])cc1)NC2. The van der Waals surface area contributed by atoms with E-state index in [1.54, 1.807) is 18.3 Å². The van der Waals surface area contributed by atoms with E-state index in [1.807, 2.05) is 6.92 Å². The van der Waals surface area contributed by atoms with Gasteiger partial charge in [0.05, 0.1) is 4.92 Å². The van der Waals surface area contributed by atoms with Crippen molar-refractivity contribution < 1.29 is 4.92 Å². The summed E-state index contributed by atoms with van der Waals surface area (Å²) in [7, 11) is 0. The molecule has 0 aliphatic carbocycles. The summed E-state index contributed by atoms with van der Waals surface area (Å²) < 4.78 is 0. The fraction of sp³-hybridized carbons (Fsp3) is 0.231. The normalized spacial score (nSPS) is 17.1. The highest BCUT2D eigenvalue weighted by Gasteiger charge is 2.20. The number of anilines is 1. The summed E-state index contributed by atoms with van der Waals surface area (Å²) in [5.74, 6) is 1.51. The van der Waals surface area contributed by atoms with Crippen LogP contribution >= 0.6 is 0 Å². The van der Waals surface area contributed by atoms with E-state index in [0.29, 0.717) is 12.4 Å². The first kappa shape index (κ1) is 12.5. The minimum absolute atomic E-state index is 0.0862. The third kappa shape index (κ3) is 2.30. The van der Waals surface area contributed by atoms with Crippen LogP contribution in [0, 0.1) is 17.0 Å².